The number of nitrogens with two attached hydrogens (primary N) is 1. The molecule has 14 heavy (non-hydrogen) atoms. The summed E-state index contributed by atoms with van der Waals surface area (Å²) in [4.78, 5) is 0. The maximum atomic E-state index is 14.0. The van der Waals surface area contributed by atoms with Gasteiger partial charge in [-0.25, -0.2) is 4.39 Å². The lowest BCUT2D eigenvalue weighted by molar-refractivity contribution is 0.217. The smallest absolute Gasteiger partial charge is 0.132 e. The first kappa shape index (κ1) is 9.94. The molecule has 2 rings (SSSR count). The standard InChI is InChI=1S/C11H13ClFN/c12-9-3-1-2-8(6-9)10(13)11(7-14)4-5-11/h1-3,6,10H,4-5,7,14H2. The topological polar surface area (TPSA) is 26.0 Å². The second-order valence-corrected chi connectivity index (χ2v) is 4.42. The minimum absolute atomic E-state index is 0.301. The van der Waals surface area contributed by atoms with Crippen molar-refractivity contribution in [3.05, 3.63) is 34.9 Å². The molecule has 0 amide bonds. The van der Waals surface area contributed by atoms with Gasteiger partial charge in [0.05, 0.1) is 0 Å². The van der Waals surface area contributed by atoms with E-state index in [2.05, 4.69) is 0 Å². The van der Waals surface area contributed by atoms with Crippen molar-refractivity contribution in [2.24, 2.45) is 11.1 Å². The molecular weight excluding hydrogens is 201 g/mol. The van der Waals surface area contributed by atoms with Gasteiger partial charge in [-0.1, -0.05) is 23.7 Å². The molecular formula is C11H13ClFN. The molecule has 1 fully saturated rings. The monoisotopic (exact) mass is 213 g/mol. The molecule has 0 bridgehead atoms. The SMILES string of the molecule is NCC1(C(F)c2cccc(Cl)c2)CC1. The molecule has 1 unspecified atom stereocenters. The van der Waals surface area contributed by atoms with E-state index in [9.17, 15) is 4.39 Å². The van der Waals surface area contributed by atoms with Gasteiger partial charge in [0.15, 0.2) is 0 Å². The molecule has 76 valence electrons. The number of hydrogen-bond donors (Lipinski definition) is 1. The predicted octanol–water partition coefficient (Wildman–Crippen LogP) is 3.09. The number of hydrogen-bond acceptors (Lipinski definition) is 1. The van der Waals surface area contributed by atoms with Crippen molar-refractivity contribution in [3.8, 4) is 0 Å². The Hall–Kier alpha value is -0.600. The lowest BCUT2D eigenvalue weighted by atomic mass is 9.94. The second kappa shape index (κ2) is 3.52. The molecule has 0 spiro atoms. The van der Waals surface area contributed by atoms with Crippen LogP contribution in [0.2, 0.25) is 5.02 Å². The molecule has 1 aliphatic rings. The van der Waals surface area contributed by atoms with Crippen molar-refractivity contribution >= 4 is 11.6 Å². The third-order valence-corrected chi connectivity index (χ3v) is 3.21. The molecule has 1 aromatic carbocycles. The van der Waals surface area contributed by atoms with Crippen LogP contribution in [0.15, 0.2) is 24.3 Å². The molecule has 0 radical (unpaired) electrons. The summed E-state index contributed by atoms with van der Waals surface area (Å²) in [7, 11) is 0. The summed E-state index contributed by atoms with van der Waals surface area (Å²) in [5.41, 5.74) is 5.92. The fourth-order valence-corrected chi connectivity index (χ4v) is 1.94. The first-order valence-electron chi connectivity index (χ1n) is 4.77. The third-order valence-electron chi connectivity index (χ3n) is 2.98. The van der Waals surface area contributed by atoms with Crippen LogP contribution in [-0.2, 0) is 0 Å². The van der Waals surface area contributed by atoms with Crippen LogP contribution in [0, 0.1) is 5.41 Å². The van der Waals surface area contributed by atoms with Gasteiger partial charge in [0.25, 0.3) is 0 Å². The summed E-state index contributed by atoms with van der Waals surface area (Å²) in [6.45, 7) is 0.417. The average Bonchev–Trinajstić information content (AvgIpc) is 2.97. The fourth-order valence-electron chi connectivity index (χ4n) is 1.74. The molecule has 0 saturated heterocycles. The van der Waals surface area contributed by atoms with Crippen LogP contribution in [0.5, 0.6) is 0 Å². The first-order valence-corrected chi connectivity index (χ1v) is 5.15. The summed E-state index contributed by atoms with van der Waals surface area (Å²) in [6.07, 6.45) is 0.806. The van der Waals surface area contributed by atoms with Crippen LogP contribution < -0.4 is 5.73 Å². The highest BCUT2D eigenvalue weighted by Crippen LogP contribution is 2.56. The zero-order chi connectivity index (χ0) is 10.2. The van der Waals surface area contributed by atoms with Gasteiger partial charge < -0.3 is 5.73 Å². The van der Waals surface area contributed by atoms with Gasteiger partial charge in [0.1, 0.15) is 6.17 Å². The van der Waals surface area contributed by atoms with Gasteiger partial charge in [-0.2, -0.15) is 0 Å². The molecule has 0 heterocycles. The van der Waals surface area contributed by atoms with E-state index < -0.39 is 6.17 Å². The van der Waals surface area contributed by atoms with Gasteiger partial charge in [-0.15, -0.1) is 0 Å². The Kier molecular flexibility index (Phi) is 2.50. The fraction of sp³-hybridized carbons (Fsp3) is 0.455. The van der Waals surface area contributed by atoms with E-state index in [0.29, 0.717) is 17.1 Å². The van der Waals surface area contributed by atoms with Gasteiger partial charge in [-0.3, -0.25) is 0 Å². The first-order chi connectivity index (χ1) is 6.68. The van der Waals surface area contributed by atoms with Crippen LogP contribution in [0.3, 0.4) is 0 Å². The van der Waals surface area contributed by atoms with E-state index in [0.717, 1.165) is 12.8 Å². The highest BCUT2D eigenvalue weighted by atomic mass is 35.5. The Bertz CT molecular complexity index is 336. The molecule has 1 nitrogen and oxygen atoms in total. The van der Waals surface area contributed by atoms with Crippen molar-refractivity contribution in [2.45, 2.75) is 19.0 Å². The highest BCUT2D eigenvalue weighted by Gasteiger charge is 2.49. The maximum absolute atomic E-state index is 14.0. The molecule has 3 heteroatoms. The highest BCUT2D eigenvalue weighted by molar-refractivity contribution is 6.30. The Morgan fingerprint density at radius 1 is 1.50 bits per heavy atom. The van der Waals surface area contributed by atoms with Gasteiger partial charge in [0, 0.05) is 17.0 Å². The van der Waals surface area contributed by atoms with Crippen molar-refractivity contribution in [1.82, 2.24) is 0 Å². The molecule has 1 atom stereocenters. The van der Waals surface area contributed by atoms with Crippen LogP contribution in [0.4, 0.5) is 4.39 Å². The summed E-state index contributed by atoms with van der Waals surface area (Å²) >= 11 is 5.80. The molecule has 1 saturated carbocycles. The summed E-state index contributed by atoms with van der Waals surface area (Å²) in [6, 6.07) is 6.98. The van der Waals surface area contributed by atoms with E-state index in [4.69, 9.17) is 17.3 Å². The van der Waals surface area contributed by atoms with Gasteiger partial charge >= 0.3 is 0 Å². The van der Waals surface area contributed by atoms with E-state index in [1.807, 2.05) is 0 Å². The maximum Gasteiger partial charge on any atom is 0.132 e. The Morgan fingerprint density at radius 2 is 2.21 bits per heavy atom. The molecule has 0 aromatic heterocycles. The summed E-state index contributed by atoms with van der Waals surface area (Å²) < 4.78 is 14.0. The Labute approximate surface area is 88.1 Å². The number of alkyl halides is 1. The molecule has 1 aliphatic carbocycles. The zero-order valence-corrected chi connectivity index (χ0v) is 8.60. The van der Waals surface area contributed by atoms with E-state index in [-0.39, 0.29) is 5.41 Å². The largest absolute Gasteiger partial charge is 0.330 e. The van der Waals surface area contributed by atoms with Crippen LogP contribution >= 0.6 is 11.6 Å². The van der Waals surface area contributed by atoms with Crippen molar-refractivity contribution < 1.29 is 4.39 Å². The zero-order valence-electron chi connectivity index (χ0n) is 7.84. The van der Waals surface area contributed by atoms with Crippen LogP contribution in [0.1, 0.15) is 24.6 Å². The van der Waals surface area contributed by atoms with Crippen molar-refractivity contribution in [2.75, 3.05) is 6.54 Å². The van der Waals surface area contributed by atoms with E-state index >= 15 is 0 Å². The average molecular weight is 214 g/mol. The lowest BCUT2D eigenvalue weighted by Gasteiger charge is -2.18. The van der Waals surface area contributed by atoms with Crippen LogP contribution in [0.25, 0.3) is 0 Å². The third kappa shape index (κ3) is 1.64. The number of benzene rings is 1. The Morgan fingerprint density at radius 3 is 2.71 bits per heavy atom. The van der Waals surface area contributed by atoms with E-state index in [1.54, 1.807) is 24.3 Å². The minimum Gasteiger partial charge on any atom is -0.330 e. The minimum atomic E-state index is -0.966. The molecule has 2 N–H and O–H groups in total. The second-order valence-electron chi connectivity index (χ2n) is 3.98. The number of halogens is 2. The normalized spacial score (nSPS) is 20.5. The Balaban J connectivity index is 2.23. The quantitative estimate of drug-likeness (QED) is 0.821. The van der Waals surface area contributed by atoms with Crippen LogP contribution in [-0.4, -0.2) is 6.54 Å². The van der Waals surface area contributed by atoms with Crippen molar-refractivity contribution in [3.63, 3.8) is 0 Å². The molecule has 0 aliphatic heterocycles. The van der Waals surface area contributed by atoms with Gasteiger partial charge in [0.2, 0.25) is 0 Å². The summed E-state index contributed by atoms with van der Waals surface area (Å²) in [5.74, 6) is 0. The van der Waals surface area contributed by atoms with Crippen molar-refractivity contribution in [1.29, 1.82) is 0 Å². The lowest BCUT2D eigenvalue weighted by Crippen LogP contribution is -2.20. The number of rotatable bonds is 3. The van der Waals surface area contributed by atoms with E-state index in [1.165, 1.54) is 0 Å². The van der Waals surface area contributed by atoms with Gasteiger partial charge in [-0.05, 0) is 30.5 Å². The predicted molar refractivity (Wildman–Crippen MR) is 56.0 cm³/mol. The summed E-state index contributed by atoms with van der Waals surface area (Å²) in [5, 5.41) is 0.581. The molecule has 1 aromatic rings.